The fraction of sp³-hybridized carbons (Fsp3) is 0.476. The zero-order valence-corrected chi connectivity index (χ0v) is 17.0. The van der Waals surface area contributed by atoms with Crippen LogP contribution in [0.2, 0.25) is 0 Å². The van der Waals surface area contributed by atoms with Crippen molar-refractivity contribution in [3.8, 4) is 0 Å². The largest absolute Gasteiger partial charge is 0.345 e. The van der Waals surface area contributed by atoms with Crippen molar-refractivity contribution in [1.29, 1.82) is 0 Å². The first-order valence-corrected chi connectivity index (χ1v) is 10.1. The van der Waals surface area contributed by atoms with Crippen LogP contribution in [-0.2, 0) is 17.9 Å². The van der Waals surface area contributed by atoms with Crippen molar-refractivity contribution in [2.75, 3.05) is 6.54 Å². The van der Waals surface area contributed by atoms with Crippen LogP contribution in [0.15, 0.2) is 47.1 Å². The minimum Gasteiger partial charge on any atom is -0.345 e. The number of aromatic nitrogens is 1. The molecule has 0 bridgehead atoms. The van der Waals surface area contributed by atoms with Gasteiger partial charge in [0.2, 0.25) is 5.91 Å². The molecule has 0 radical (unpaired) electrons. The first kappa shape index (κ1) is 19.8. The van der Waals surface area contributed by atoms with Gasteiger partial charge in [0.1, 0.15) is 0 Å². The lowest BCUT2D eigenvalue weighted by molar-refractivity contribution is -0.132. The van der Waals surface area contributed by atoms with E-state index in [0.717, 1.165) is 43.2 Å². The molecule has 0 fully saturated rings. The number of hydrogen-bond donors (Lipinski definition) is 0. The molecule has 0 aliphatic rings. The molecule has 0 atom stereocenters. The quantitative estimate of drug-likeness (QED) is 0.504. The highest BCUT2D eigenvalue weighted by atomic mass is 79.9. The molecule has 1 amide bonds. The van der Waals surface area contributed by atoms with Gasteiger partial charge in [0.25, 0.3) is 0 Å². The Morgan fingerprint density at radius 1 is 1.08 bits per heavy atom. The Morgan fingerprint density at radius 3 is 2.48 bits per heavy atom. The molecule has 1 aromatic heterocycles. The summed E-state index contributed by atoms with van der Waals surface area (Å²) in [4.78, 5) is 14.6. The number of carbonyl (C=O) groups is 1. The zero-order valence-electron chi connectivity index (χ0n) is 15.4. The van der Waals surface area contributed by atoms with E-state index in [9.17, 15) is 4.79 Å². The maximum atomic E-state index is 12.6. The Labute approximate surface area is 160 Å². The minimum atomic E-state index is 0.284. The number of benzene rings is 1. The van der Waals surface area contributed by atoms with Gasteiger partial charge in [-0.15, -0.1) is 0 Å². The average molecular weight is 405 g/mol. The number of unbranched alkanes of at least 4 members (excludes halogenated alkanes) is 2. The molecular formula is C21H29BrN2O. The molecular weight excluding hydrogens is 376 g/mol. The van der Waals surface area contributed by atoms with Gasteiger partial charge in [0, 0.05) is 35.9 Å². The van der Waals surface area contributed by atoms with Gasteiger partial charge < -0.3 is 9.47 Å². The molecule has 0 unspecified atom stereocenters. The molecule has 0 aliphatic heterocycles. The minimum absolute atomic E-state index is 0.284. The maximum absolute atomic E-state index is 12.6. The topological polar surface area (TPSA) is 25.2 Å². The Kier molecular flexibility index (Phi) is 8.26. The third-order valence-corrected chi connectivity index (χ3v) is 4.95. The molecule has 25 heavy (non-hydrogen) atoms. The Morgan fingerprint density at radius 2 is 1.80 bits per heavy atom. The van der Waals surface area contributed by atoms with Crippen LogP contribution in [0.3, 0.4) is 0 Å². The second-order valence-electron chi connectivity index (χ2n) is 6.53. The highest BCUT2D eigenvalue weighted by Crippen LogP contribution is 2.15. The number of amides is 1. The highest BCUT2D eigenvalue weighted by Gasteiger charge is 2.15. The van der Waals surface area contributed by atoms with Gasteiger partial charge in [-0.25, -0.2) is 0 Å². The van der Waals surface area contributed by atoms with Gasteiger partial charge >= 0.3 is 0 Å². The van der Waals surface area contributed by atoms with Crippen LogP contribution in [0.25, 0.3) is 0 Å². The summed E-state index contributed by atoms with van der Waals surface area (Å²) in [6.07, 6.45) is 6.97. The summed E-state index contributed by atoms with van der Waals surface area (Å²) in [5.74, 6) is 0.284. The van der Waals surface area contributed by atoms with Gasteiger partial charge in [-0.2, -0.15) is 0 Å². The molecule has 0 saturated heterocycles. The van der Waals surface area contributed by atoms with E-state index < -0.39 is 0 Å². The van der Waals surface area contributed by atoms with Crippen molar-refractivity contribution in [2.45, 2.75) is 59.0 Å². The molecule has 1 aromatic carbocycles. The van der Waals surface area contributed by atoms with Crippen molar-refractivity contribution in [3.63, 3.8) is 0 Å². The van der Waals surface area contributed by atoms with Crippen molar-refractivity contribution >= 4 is 21.8 Å². The molecule has 0 spiro atoms. The predicted molar refractivity (Wildman–Crippen MR) is 108 cm³/mol. The number of carbonyl (C=O) groups excluding carboxylic acids is 1. The molecule has 2 aromatic rings. The van der Waals surface area contributed by atoms with Crippen LogP contribution in [0.1, 0.15) is 57.2 Å². The van der Waals surface area contributed by atoms with Gasteiger partial charge in [-0.05, 0) is 42.7 Å². The standard InChI is InChI=1S/C21H29BrN2O/c1-3-5-9-21(25)24(14-6-4-2)17-20-8-7-15-23(20)16-18-10-12-19(22)13-11-18/h7-8,10-13,15H,3-6,9,14,16-17H2,1-2H3. The fourth-order valence-electron chi connectivity index (χ4n) is 2.86. The van der Waals surface area contributed by atoms with Crippen LogP contribution in [0, 0.1) is 0 Å². The molecule has 136 valence electrons. The molecule has 1 heterocycles. The average Bonchev–Trinajstić information content (AvgIpc) is 3.05. The predicted octanol–water partition coefficient (Wildman–Crippen LogP) is 5.62. The second kappa shape index (κ2) is 10.4. The first-order valence-electron chi connectivity index (χ1n) is 9.30. The summed E-state index contributed by atoms with van der Waals surface area (Å²) in [5.41, 5.74) is 2.46. The third-order valence-electron chi connectivity index (χ3n) is 4.42. The third kappa shape index (κ3) is 6.35. The summed E-state index contributed by atoms with van der Waals surface area (Å²) in [6.45, 7) is 6.69. The maximum Gasteiger partial charge on any atom is 0.222 e. The lowest BCUT2D eigenvalue weighted by Crippen LogP contribution is -2.32. The van der Waals surface area contributed by atoms with E-state index in [1.54, 1.807) is 0 Å². The summed E-state index contributed by atoms with van der Waals surface area (Å²) < 4.78 is 3.34. The number of nitrogens with zero attached hydrogens (tertiary/aromatic N) is 2. The molecule has 0 N–H and O–H groups in total. The van der Waals surface area contributed by atoms with Crippen LogP contribution in [0.5, 0.6) is 0 Å². The number of rotatable bonds is 10. The smallest absolute Gasteiger partial charge is 0.222 e. The van der Waals surface area contributed by atoms with Crippen LogP contribution in [-0.4, -0.2) is 21.9 Å². The summed E-state index contributed by atoms with van der Waals surface area (Å²) in [6, 6.07) is 12.6. The highest BCUT2D eigenvalue weighted by molar-refractivity contribution is 9.10. The summed E-state index contributed by atoms with van der Waals surface area (Å²) in [7, 11) is 0. The number of halogens is 1. The number of hydrogen-bond acceptors (Lipinski definition) is 1. The SMILES string of the molecule is CCCCC(=O)N(CCCC)Cc1cccn1Cc1ccc(Br)cc1. The van der Waals surface area contributed by atoms with Crippen molar-refractivity contribution in [2.24, 2.45) is 0 Å². The second-order valence-corrected chi connectivity index (χ2v) is 7.44. The van der Waals surface area contributed by atoms with Gasteiger partial charge in [-0.1, -0.05) is 54.8 Å². The lowest BCUT2D eigenvalue weighted by Gasteiger charge is -2.23. The Hall–Kier alpha value is -1.55. The molecule has 2 rings (SSSR count). The van der Waals surface area contributed by atoms with Gasteiger partial charge in [0.15, 0.2) is 0 Å². The van der Waals surface area contributed by atoms with E-state index in [1.165, 1.54) is 11.3 Å². The van der Waals surface area contributed by atoms with E-state index >= 15 is 0 Å². The van der Waals surface area contributed by atoms with Gasteiger partial charge in [-0.3, -0.25) is 4.79 Å². The zero-order chi connectivity index (χ0) is 18.1. The Bertz CT molecular complexity index is 648. The van der Waals surface area contributed by atoms with E-state index in [1.807, 2.05) is 4.90 Å². The van der Waals surface area contributed by atoms with E-state index in [4.69, 9.17) is 0 Å². The lowest BCUT2D eigenvalue weighted by atomic mass is 10.2. The fourth-order valence-corrected chi connectivity index (χ4v) is 3.12. The molecule has 0 aliphatic carbocycles. The monoisotopic (exact) mass is 404 g/mol. The molecule has 4 heteroatoms. The van der Waals surface area contributed by atoms with Crippen LogP contribution < -0.4 is 0 Å². The van der Waals surface area contributed by atoms with Crippen LogP contribution >= 0.6 is 15.9 Å². The van der Waals surface area contributed by atoms with Crippen molar-refractivity contribution in [3.05, 3.63) is 58.3 Å². The Balaban J connectivity index is 2.06. The van der Waals surface area contributed by atoms with Crippen molar-refractivity contribution in [1.82, 2.24) is 9.47 Å². The van der Waals surface area contributed by atoms with E-state index in [2.05, 4.69) is 76.9 Å². The first-order chi connectivity index (χ1) is 12.1. The molecule has 0 saturated carbocycles. The summed E-state index contributed by atoms with van der Waals surface area (Å²) in [5, 5.41) is 0. The normalized spacial score (nSPS) is 10.8. The van der Waals surface area contributed by atoms with E-state index in [0.29, 0.717) is 13.0 Å². The van der Waals surface area contributed by atoms with E-state index in [-0.39, 0.29) is 5.91 Å². The van der Waals surface area contributed by atoms with Gasteiger partial charge in [0.05, 0.1) is 6.54 Å². The van der Waals surface area contributed by atoms with Crippen molar-refractivity contribution < 1.29 is 4.79 Å². The molecule has 3 nitrogen and oxygen atoms in total. The van der Waals surface area contributed by atoms with Crippen LogP contribution in [0.4, 0.5) is 0 Å². The summed E-state index contributed by atoms with van der Waals surface area (Å²) >= 11 is 3.48.